The van der Waals surface area contributed by atoms with Crippen LogP contribution in [0.3, 0.4) is 0 Å². The average molecular weight is 293 g/mol. The molecule has 0 radical (unpaired) electrons. The number of rotatable bonds is 3. The van der Waals surface area contributed by atoms with E-state index in [4.69, 9.17) is 9.84 Å². The molecule has 0 spiro atoms. The Hall–Kier alpha value is -2.11. The van der Waals surface area contributed by atoms with Crippen molar-refractivity contribution in [2.75, 3.05) is 6.61 Å². The predicted octanol–water partition coefficient (Wildman–Crippen LogP) is 1.88. The number of ether oxygens (including phenoxy) is 1. The molecule has 2 aliphatic rings. The van der Waals surface area contributed by atoms with Crippen LogP contribution in [0.4, 0.5) is 4.39 Å². The monoisotopic (exact) mass is 293 g/mol. The van der Waals surface area contributed by atoms with Crippen molar-refractivity contribution >= 4 is 11.9 Å². The molecule has 3 atom stereocenters. The van der Waals surface area contributed by atoms with Gasteiger partial charge >= 0.3 is 5.97 Å². The molecule has 0 aromatic heterocycles. The number of hydrogen-bond donors (Lipinski definition) is 2. The summed E-state index contributed by atoms with van der Waals surface area (Å²) in [6, 6.07) is 4.31. The Morgan fingerprint density at radius 3 is 2.86 bits per heavy atom. The summed E-state index contributed by atoms with van der Waals surface area (Å²) in [6.07, 6.45) is 1.72. The van der Waals surface area contributed by atoms with Gasteiger partial charge in [-0.3, -0.25) is 9.59 Å². The van der Waals surface area contributed by atoms with Crippen LogP contribution < -0.4 is 10.1 Å². The van der Waals surface area contributed by atoms with E-state index in [2.05, 4.69) is 5.32 Å². The SMILES string of the molecule is O=C(O)C1CC1C(=O)NC1CCCOc2c(F)cccc21. The van der Waals surface area contributed by atoms with Gasteiger partial charge in [0.05, 0.1) is 24.5 Å². The van der Waals surface area contributed by atoms with Gasteiger partial charge in [0.25, 0.3) is 0 Å². The van der Waals surface area contributed by atoms with E-state index in [0.717, 1.165) is 0 Å². The fraction of sp³-hybridized carbons (Fsp3) is 0.467. The van der Waals surface area contributed by atoms with E-state index < -0.39 is 23.6 Å². The molecule has 1 aromatic carbocycles. The van der Waals surface area contributed by atoms with E-state index in [9.17, 15) is 14.0 Å². The fourth-order valence-electron chi connectivity index (χ4n) is 2.76. The molecule has 21 heavy (non-hydrogen) atoms. The smallest absolute Gasteiger partial charge is 0.307 e. The van der Waals surface area contributed by atoms with Gasteiger partial charge in [-0.05, 0) is 25.3 Å². The summed E-state index contributed by atoms with van der Waals surface area (Å²) in [6.45, 7) is 0.404. The third-order valence-electron chi connectivity index (χ3n) is 4.02. The van der Waals surface area contributed by atoms with Crippen molar-refractivity contribution in [2.24, 2.45) is 11.8 Å². The van der Waals surface area contributed by atoms with Crippen molar-refractivity contribution in [2.45, 2.75) is 25.3 Å². The van der Waals surface area contributed by atoms with E-state index in [1.807, 2.05) is 0 Å². The number of hydrogen-bond acceptors (Lipinski definition) is 3. The second-order valence-corrected chi connectivity index (χ2v) is 5.50. The lowest BCUT2D eigenvalue weighted by Gasteiger charge is -2.18. The lowest BCUT2D eigenvalue weighted by atomic mass is 10.0. The molecule has 0 saturated heterocycles. The molecule has 5 nitrogen and oxygen atoms in total. The van der Waals surface area contributed by atoms with E-state index in [-0.39, 0.29) is 17.7 Å². The number of carbonyl (C=O) groups is 2. The minimum absolute atomic E-state index is 0.186. The van der Waals surface area contributed by atoms with Gasteiger partial charge in [-0.1, -0.05) is 12.1 Å². The molecule has 1 fully saturated rings. The maximum absolute atomic E-state index is 13.8. The van der Waals surface area contributed by atoms with Crippen molar-refractivity contribution in [3.63, 3.8) is 0 Å². The number of carbonyl (C=O) groups excluding carboxylic acids is 1. The summed E-state index contributed by atoms with van der Waals surface area (Å²) < 4.78 is 19.2. The highest BCUT2D eigenvalue weighted by atomic mass is 19.1. The van der Waals surface area contributed by atoms with E-state index in [0.29, 0.717) is 31.4 Å². The summed E-state index contributed by atoms with van der Waals surface area (Å²) >= 11 is 0. The first-order chi connectivity index (χ1) is 10.1. The summed E-state index contributed by atoms with van der Waals surface area (Å²) in [5, 5.41) is 11.7. The molecule has 6 heteroatoms. The van der Waals surface area contributed by atoms with Crippen molar-refractivity contribution in [3.8, 4) is 5.75 Å². The number of fused-ring (bicyclic) bond motifs is 1. The molecule has 1 heterocycles. The van der Waals surface area contributed by atoms with Gasteiger partial charge < -0.3 is 15.2 Å². The van der Waals surface area contributed by atoms with E-state index >= 15 is 0 Å². The topological polar surface area (TPSA) is 75.6 Å². The Kier molecular flexibility index (Phi) is 3.53. The predicted molar refractivity (Wildman–Crippen MR) is 71.2 cm³/mol. The number of para-hydroxylation sites is 1. The van der Waals surface area contributed by atoms with Crippen molar-refractivity contribution in [3.05, 3.63) is 29.6 Å². The lowest BCUT2D eigenvalue weighted by Crippen LogP contribution is -2.30. The quantitative estimate of drug-likeness (QED) is 0.892. The molecule has 3 rings (SSSR count). The first-order valence-electron chi connectivity index (χ1n) is 7.02. The third kappa shape index (κ3) is 2.70. The normalized spacial score (nSPS) is 27.0. The zero-order chi connectivity index (χ0) is 15.0. The molecule has 1 saturated carbocycles. The van der Waals surface area contributed by atoms with Crippen LogP contribution in [0.5, 0.6) is 5.75 Å². The maximum atomic E-state index is 13.8. The van der Waals surface area contributed by atoms with Gasteiger partial charge in [-0.2, -0.15) is 0 Å². The molecule has 3 unspecified atom stereocenters. The standard InChI is InChI=1S/C15H16FNO4/c16-11-4-1-3-8-12(5-2-6-21-13(8)11)17-14(18)9-7-10(9)15(19)20/h1,3-4,9-10,12H,2,5-7H2,(H,17,18)(H,19,20). The summed E-state index contributed by atoms with van der Waals surface area (Å²) in [4.78, 5) is 22.9. The van der Waals surface area contributed by atoms with Crippen molar-refractivity contribution in [1.82, 2.24) is 5.32 Å². The Bertz CT molecular complexity index is 589. The van der Waals surface area contributed by atoms with Crippen LogP contribution in [0.2, 0.25) is 0 Å². The van der Waals surface area contributed by atoms with Gasteiger partial charge in [0, 0.05) is 5.56 Å². The maximum Gasteiger partial charge on any atom is 0.307 e. The number of carboxylic acids is 1. The number of amides is 1. The highest BCUT2D eigenvalue weighted by Crippen LogP contribution is 2.40. The molecule has 0 bridgehead atoms. The summed E-state index contributed by atoms with van der Waals surface area (Å²) in [5.74, 6) is -2.52. The number of carboxylic acid groups (broad SMARTS) is 1. The number of halogens is 1. The molecule has 1 aromatic rings. The zero-order valence-electron chi connectivity index (χ0n) is 11.3. The second-order valence-electron chi connectivity index (χ2n) is 5.50. The zero-order valence-corrected chi connectivity index (χ0v) is 11.3. The van der Waals surface area contributed by atoms with Crippen LogP contribution in [0, 0.1) is 17.7 Å². The Morgan fingerprint density at radius 1 is 1.33 bits per heavy atom. The van der Waals surface area contributed by atoms with E-state index in [1.54, 1.807) is 12.1 Å². The van der Waals surface area contributed by atoms with E-state index in [1.165, 1.54) is 6.07 Å². The molecule has 1 amide bonds. The fourth-order valence-corrected chi connectivity index (χ4v) is 2.76. The van der Waals surface area contributed by atoms with Gasteiger partial charge in [-0.15, -0.1) is 0 Å². The Balaban J connectivity index is 1.76. The van der Waals surface area contributed by atoms with Crippen molar-refractivity contribution in [1.29, 1.82) is 0 Å². The highest BCUT2D eigenvalue weighted by molar-refractivity contribution is 5.89. The van der Waals surface area contributed by atoms with Crippen LogP contribution >= 0.6 is 0 Å². The summed E-state index contributed by atoms with van der Waals surface area (Å²) in [5.41, 5.74) is 0.619. The number of nitrogens with one attached hydrogen (secondary N) is 1. The van der Waals surface area contributed by atoms with Crippen LogP contribution in [-0.4, -0.2) is 23.6 Å². The largest absolute Gasteiger partial charge is 0.490 e. The number of benzene rings is 1. The minimum Gasteiger partial charge on any atom is -0.490 e. The van der Waals surface area contributed by atoms with Crippen LogP contribution in [0.15, 0.2) is 18.2 Å². The number of aliphatic carboxylic acids is 1. The minimum atomic E-state index is -0.939. The lowest BCUT2D eigenvalue weighted by molar-refractivity contribution is -0.140. The first kappa shape index (κ1) is 13.9. The Morgan fingerprint density at radius 2 is 2.14 bits per heavy atom. The van der Waals surface area contributed by atoms with Gasteiger partial charge in [-0.25, -0.2) is 4.39 Å². The molecule has 2 N–H and O–H groups in total. The van der Waals surface area contributed by atoms with Gasteiger partial charge in [0.2, 0.25) is 5.91 Å². The summed E-state index contributed by atoms with van der Waals surface area (Å²) in [7, 11) is 0. The van der Waals surface area contributed by atoms with Crippen molar-refractivity contribution < 1.29 is 23.8 Å². The Labute approximate surface area is 121 Å². The molecule has 1 aliphatic heterocycles. The van der Waals surface area contributed by atoms with Gasteiger partial charge in [0.15, 0.2) is 11.6 Å². The third-order valence-corrected chi connectivity index (χ3v) is 4.02. The average Bonchev–Trinajstić information content (AvgIpc) is 3.23. The first-order valence-corrected chi connectivity index (χ1v) is 7.02. The molecular formula is C15H16FNO4. The second kappa shape index (κ2) is 5.35. The highest BCUT2D eigenvalue weighted by Gasteiger charge is 2.48. The van der Waals surface area contributed by atoms with Crippen LogP contribution in [0.1, 0.15) is 30.9 Å². The van der Waals surface area contributed by atoms with Crippen LogP contribution in [-0.2, 0) is 9.59 Å². The molecule has 1 aliphatic carbocycles. The molecule has 112 valence electrons. The van der Waals surface area contributed by atoms with Gasteiger partial charge in [0.1, 0.15) is 0 Å². The van der Waals surface area contributed by atoms with Crippen LogP contribution in [0.25, 0.3) is 0 Å². The molecular weight excluding hydrogens is 277 g/mol.